The maximum absolute atomic E-state index is 11.0. The van der Waals surface area contributed by atoms with Crippen LogP contribution in [0.4, 0.5) is 0 Å². The van der Waals surface area contributed by atoms with E-state index in [4.69, 9.17) is 9.84 Å². The summed E-state index contributed by atoms with van der Waals surface area (Å²) in [4.78, 5) is 11.0. The monoisotopic (exact) mass is 236 g/mol. The van der Waals surface area contributed by atoms with Crippen LogP contribution in [-0.2, 0) is 22.4 Å². The van der Waals surface area contributed by atoms with Crippen LogP contribution >= 0.6 is 0 Å². The lowest BCUT2D eigenvalue weighted by Crippen LogP contribution is -2.26. The first-order chi connectivity index (χ1) is 8.17. The molecule has 0 aromatic heterocycles. The number of carboxylic acid groups (broad SMARTS) is 1. The van der Waals surface area contributed by atoms with Crippen molar-refractivity contribution in [2.75, 3.05) is 6.61 Å². The second-order valence-electron chi connectivity index (χ2n) is 4.07. The summed E-state index contributed by atoms with van der Waals surface area (Å²) in [5.41, 5.74) is 2.26. The van der Waals surface area contributed by atoms with Crippen LogP contribution in [0.5, 0.6) is 0 Å². The SMILES string of the molecule is CCCOC(Cc1ccc(CC)cc1)C(=O)O. The molecule has 1 unspecified atom stereocenters. The van der Waals surface area contributed by atoms with Gasteiger partial charge in [-0.25, -0.2) is 4.79 Å². The molecule has 1 aromatic carbocycles. The van der Waals surface area contributed by atoms with Crippen LogP contribution in [-0.4, -0.2) is 23.8 Å². The Labute approximate surface area is 102 Å². The van der Waals surface area contributed by atoms with Gasteiger partial charge in [-0.05, 0) is 24.0 Å². The number of carboxylic acids is 1. The molecule has 1 atom stereocenters. The number of carbonyl (C=O) groups is 1. The number of ether oxygens (including phenoxy) is 1. The highest BCUT2D eigenvalue weighted by atomic mass is 16.5. The zero-order valence-electron chi connectivity index (χ0n) is 10.5. The molecule has 0 amide bonds. The van der Waals surface area contributed by atoms with Crippen molar-refractivity contribution in [3.8, 4) is 0 Å². The highest BCUT2D eigenvalue weighted by Crippen LogP contribution is 2.10. The molecular weight excluding hydrogens is 216 g/mol. The average Bonchev–Trinajstić information content (AvgIpc) is 2.35. The zero-order valence-corrected chi connectivity index (χ0v) is 10.5. The van der Waals surface area contributed by atoms with Crippen LogP contribution < -0.4 is 0 Å². The zero-order chi connectivity index (χ0) is 12.7. The van der Waals surface area contributed by atoms with Crippen molar-refractivity contribution in [3.63, 3.8) is 0 Å². The molecule has 0 saturated heterocycles. The van der Waals surface area contributed by atoms with Gasteiger partial charge in [-0.15, -0.1) is 0 Å². The molecule has 0 heterocycles. The molecule has 3 nitrogen and oxygen atoms in total. The van der Waals surface area contributed by atoms with Crippen molar-refractivity contribution in [1.29, 1.82) is 0 Å². The van der Waals surface area contributed by atoms with Crippen LogP contribution in [0.3, 0.4) is 0 Å². The molecule has 0 spiro atoms. The molecule has 17 heavy (non-hydrogen) atoms. The van der Waals surface area contributed by atoms with Gasteiger partial charge >= 0.3 is 5.97 Å². The Kier molecular flexibility index (Phi) is 5.70. The number of hydrogen-bond acceptors (Lipinski definition) is 2. The maximum atomic E-state index is 11.0. The van der Waals surface area contributed by atoms with Crippen LogP contribution in [0.15, 0.2) is 24.3 Å². The molecule has 1 rings (SSSR count). The van der Waals surface area contributed by atoms with E-state index in [0.29, 0.717) is 13.0 Å². The second kappa shape index (κ2) is 7.07. The minimum atomic E-state index is -0.891. The highest BCUT2D eigenvalue weighted by Gasteiger charge is 2.17. The predicted molar refractivity (Wildman–Crippen MR) is 67.2 cm³/mol. The molecule has 0 aliphatic rings. The summed E-state index contributed by atoms with van der Waals surface area (Å²) in [6.45, 7) is 4.55. The van der Waals surface area contributed by atoms with Gasteiger partial charge < -0.3 is 9.84 Å². The Hall–Kier alpha value is -1.35. The standard InChI is InChI=1S/C14H20O3/c1-3-9-17-13(14(15)16)10-12-7-5-11(4-2)6-8-12/h5-8,13H,3-4,9-10H2,1-2H3,(H,15,16). The molecule has 94 valence electrons. The fourth-order valence-electron chi connectivity index (χ4n) is 1.60. The molecule has 1 N–H and O–H groups in total. The van der Waals surface area contributed by atoms with Gasteiger partial charge in [0.05, 0.1) is 0 Å². The first-order valence-electron chi connectivity index (χ1n) is 6.09. The minimum absolute atomic E-state index is 0.430. The Morgan fingerprint density at radius 1 is 1.24 bits per heavy atom. The summed E-state index contributed by atoms with van der Waals surface area (Å²) in [6.07, 6.45) is 1.52. The van der Waals surface area contributed by atoms with Crippen molar-refractivity contribution in [2.24, 2.45) is 0 Å². The Morgan fingerprint density at radius 2 is 1.82 bits per heavy atom. The molecule has 0 fully saturated rings. The molecular formula is C14H20O3. The first kappa shape index (κ1) is 13.7. The lowest BCUT2D eigenvalue weighted by molar-refractivity contribution is -0.150. The van der Waals surface area contributed by atoms with E-state index in [9.17, 15) is 4.79 Å². The number of benzene rings is 1. The largest absolute Gasteiger partial charge is 0.479 e. The molecule has 0 aliphatic heterocycles. The van der Waals surface area contributed by atoms with Gasteiger partial charge in [0.25, 0.3) is 0 Å². The van der Waals surface area contributed by atoms with E-state index < -0.39 is 12.1 Å². The molecule has 3 heteroatoms. The average molecular weight is 236 g/mol. The Bertz CT molecular complexity index is 343. The van der Waals surface area contributed by atoms with Gasteiger partial charge in [-0.3, -0.25) is 0 Å². The van der Waals surface area contributed by atoms with Crippen molar-refractivity contribution < 1.29 is 14.6 Å². The van der Waals surface area contributed by atoms with Crippen molar-refractivity contribution in [1.82, 2.24) is 0 Å². The topological polar surface area (TPSA) is 46.5 Å². The van der Waals surface area contributed by atoms with E-state index in [1.54, 1.807) is 0 Å². The van der Waals surface area contributed by atoms with E-state index in [1.165, 1.54) is 5.56 Å². The van der Waals surface area contributed by atoms with Crippen LogP contribution in [0.1, 0.15) is 31.4 Å². The third-order valence-corrected chi connectivity index (χ3v) is 2.65. The molecule has 0 radical (unpaired) electrons. The Morgan fingerprint density at radius 3 is 2.29 bits per heavy atom. The van der Waals surface area contributed by atoms with Gasteiger partial charge in [0.1, 0.15) is 0 Å². The summed E-state index contributed by atoms with van der Waals surface area (Å²) < 4.78 is 5.31. The number of aryl methyl sites for hydroxylation is 1. The Balaban J connectivity index is 2.61. The fourth-order valence-corrected chi connectivity index (χ4v) is 1.60. The quantitative estimate of drug-likeness (QED) is 0.791. The maximum Gasteiger partial charge on any atom is 0.333 e. The van der Waals surface area contributed by atoms with Gasteiger partial charge in [0.2, 0.25) is 0 Å². The minimum Gasteiger partial charge on any atom is -0.479 e. The van der Waals surface area contributed by atoms with Gasteiger partial charge in [-0.1, -0.05) is 38.1 Å². The van der Waals surface area contributed by atoms with E-state index in [1.807, 2.05) is 31.2 Å². The van der Waals surface area contributed by atoms with E-state index >= 15 is 0 Å². The van der Waals surface area contributed by atoms with E-state index in [2.05, 4.69) is 6.92 Å². The lowest BCUT2D eigenvalue weighted by Gasteiger charge is -2.13. The molecule has 1 aromatic rings. The number of hydrogen-bond donors (Lipinski definition) is 1. The summed E-state index contributed by atoms with van der Waals surface area (Å²) in [6, 6.07) is 8.02. The van der Waals surface area contributed by atoms with Crippen molar-refractivity contribution in [3.05, 3.63) is 35.4 Å². The highest BCUT2D eigenvalue weighted by molar-refractivity contribution is 5.72. The van der Waals surface area contributed by atoms with Gasteiger partial charge in [0.15, 0.2) is 6.10 Å². The third kappa shape index (κ3) is 4.57. The fraction of sp³-hybridized carbons (Fsp3) is 0.500. The summed E-state index contributed by atoms with van der Waals surface area (Å²) in [5.74, 6) is -0.891. The second-order valence-corrected chi connectivity index (χ2v) is 4.07. The van der Waals surface area contributed by atoms with Crippen molar-refractivity contribution >= 4 is 5.97 Å². The van der Waals surface area contributed by atoms with Crippen LogP contribution in [0.2, 0.25) is 0 Å². The number of aliphatic carboxylic acids is 1. The molecule has 0 saturated carbocycles. The summed E-state index contributed by atoms with van der Waals surface area (Å²) >= 11 is 0. The van der Waals surface area contributed by atoms with Crippen LogP contribution in [0, 0.1) is 0 Å². The first-order valence-corrected chi connectivity index (χ1v) is 6.09. The predicted octanol–water partition coefficient (Wildman–Crippen LogP) is 2.67. The summed E-state index contributed by atoms with van der Waals surface area (Å²) in [7, 11) is 0. The summed E-state index contributed by atoms with van der Waals surface area (Å²) in [5, 5.41) is 9.04. The van der Waals surface area contributed by atoms with Gasteiger partial charge in [-0.2, -0.15) is 0 Å². The normalized spacial score (nSPS) is 12.4. The molecule has 0 aliphatic carbocycles. The van der Waals surface area contributed by atoms with Gasteiger partial charge in [0, 0.05) is 13.0 Å². The van der Waals surface area contributed by atoms with E-state index in [0.717, 1.165) is 18.4 Å². The number of rotatable bonds is 7. The molecule has 0 bridgehead atoms. The van der Waals surface area contributed by atoms with E-state index in [-0.39, 0.29) is 0 Å². The van der Waals surface area contributed by atoms with Crippen molar-refractivity contribution in [2.45, 2.75) is 39.2 Å². The smallest absolute Gasteiger partial charge is 0.333 e. The van der Waals surface area contributed by atoms with Crippen LogP contribution in [0.25, 0.3) is 0 Å². The lowest BCUT2D eigenvalue weighted by atomic mass is 10.0. The third-order valence-electron chi connectivity index (χ3n) is 2.65.